The Bertz CT molecular complexity index is 539. The Morgan fingerprint density at radius 3 is 2.89 bits per heavy atom. The number of aliphatic hydroxyl groups excluding tert-OH is 1. The molecule has 2 rings (SSSR count). The van der Waals surface area contributed by atoms with E-state index in [-0.39, 0.29) is 6.42 Å². The number of halogens is 1. The van der Waals surface area contributed by atoms with Crippen molar-refractivity contribution < 1.29 is 14.2 Å². The Morgan fingerprint density at radius 1 is 1.61 bits per heavy atom. The van der Waals surface area contributed by atoms with Gasteiger partial charge in [0.25, 0.3) is 5.56 Å². The molecule has 0 unspecified atom stereocenters. The Balaban J connectivity index is 2.35. The van der Waals surface area contributed by atoms with E-state index >= 15 is 0 Å². The number of H-pyrrole nitrogens is 1. The third kappa shape index (κ3) is 2.23. The number of alkyl halides is 1. The second-order valence-electron chi connectivity index (χ2n) is 4.24. The van der Waals surface area contributed by atoms with Crippen molar-refractivity contribution in [1.29, 1.82) is 0 Å². The van der Waals surface area contributed by atoms with Crippen molar-refractivity contribution in [1.82, 2.24) is 9.55 Å². The number of aromatic amines is 1. The third-order valence-electron chi connectivity index (χ3n) is 3.07. The fraction of sp³-hybridized carbons (Fsp3) is 0.636. The SMILES string of the molecule is CCc1cn([C@H]2C[C@H](F)[C@@H](CO)O2)c(=O)[nH]c1=O. The number of ether oxygens (including phenoxy) is 1. The minimum Gasteiger partial charge on any atom is -0.394 e. The van der Waals surface area contributed by atoms with E-state index in [1.807, 2.05) is 0 Å². The molecule has 6 nitrogen and oxygen atoms in total. The number of rotatable bonds is 3. The van der Waals surface area contributed by atoms with Gasteiger partial charge in [0, 0.05) is 18.2 Å². The number of hydrogen-bond donors (Lipinski definition) is 2. The van der Waals surface area contributed by atoms with Gasteiger partial charge in [-0.05, 0) is 6.42 Å². The first-order valence-corrected chi connectivity index (χ1v) is 5.81. The molecule has 1 aliphatic heterocycles. The Hall–Kier alpha value is -1.47. The molecule has 7 heteroatoms. The van der Waals surface area contributed by atoms with Gasteiger partial charge < -0.3 is 9.84 Å². The van der Waals surface area contributed by atoms with Crippen LogP contribution in [-0.2, 0) is 11.2 Å². The largest absolute Gasteiger partial charge is 0.394 e. The van der Waals surface area contributed by atoms with Crippen LogP contribution in [0.15, 0.2) is 15.8 Å². The number of hydrogen-bond acceptors (Lipinski definition) is 4. The van der Waals surface area contributed by atoms with Crippen LogP contribution in [0.4, 0.5) is 4.39 Å². The van der Waals surface area contributed by atoms with Crippen LogP contribution in [0, 0.1) is 0 Å². The van der Waals surface area contributed by atoms with Crippen LogP contribution >= 0.6 is 0 Å². The lowest BCUT2D eigenvalue weighted by molar-refractivity contribution is -0.0357. The highest BCUT2D eigenvalue weighted by Gasteiger charge is 2.36. The first kappa shape index (κ1) is 13.0. The summed E-state index contributed by atoms with van der Waals surface area (Å²) in [5.41, 5.74) is -0.638. The predicted molar refractivity (Wildman–Crippen MR) is 61.2 cm³/mol. The molecule has 0 amide bonds. The van der Waals surface area contributed by atoms with Crippen molar-refractivity contribution in [3.05, 3.63) is 32.6 Å². The van der Waals surface area contributed by atoms with Gasteiger partial charge in [0.05, 0.1) is 6.61 Å². The van der Waals surface area contributed by atoms with Crippen LogP contribution in [0.5, 0.6) is 0 Å². The first-order valence-electron chi connectivity index (χ1n) is 5.81. The maximum absolute atomic E-state index is 13.4. The number of aromatic nitrogens is 2. The van der Waals surface area contributed by atoms with Crippen LogP contribution < -0.4 is 11.2 Å². The summed E-state index contributed by atoms with van der Waals surface area (Å²) in [7, 11) is 0. The average Bonchev–Trinajstić information content (AvgIpc) is 2.70. The lowest BCUT2D eigenvalue weighted by Crippen LogP contribution is -2.34. The maximum atomic E-state index is 13.4. The van der Waals surface area contributed by atoms with Crippen molar-refractivity contribution in [2.45, 2.75) is 38.3 Å². The molecule has 1 fully saturated rings. The summed E-state index contributed by atoms with van der Waals surface area (Å²) in [6.45, 7) is 1.35. The Kier molecular flexibility index (Phi) is 3.63. The Labute approximate surface area is 102 Å². The van der Waals surface area contributed by atoms with Gasteiger partial charge in [0.15, 0.2) is 0 Å². The van der Waals surface area contributed by atoms with Gasteiger partial charge in [-0.25, -0.2) is 9.18 Å². The average molecular weight is 258 g/mol. The molecule has 1 saturated heterocycles. The molecule has 1 aromatic heterocycles. The van der Waals surface area contributed by atoms with E-state index in [9.17, 15) is 14.0 Å². The number of aryl methyl sites for hydroxylation is 1. The molecule has 1 aromatic rings. The summed E-state index contributed by atoms with van der Waals surface area (Å²) in [6.07, 6.45) is -1.18. The highest BCUT2D eigenvalue weighted by molar-refractivity contribution is 5.04. The molecule has 0 aliphatic carbocycles. The lowest BCUT2D eigenvalue weighted by Gasteiger charge is -2.14. The van der Waals surface area contributed by atoms with E-state index in [4.69, 9.17) is 9.84 Å². The molecule has 2 heterocycles. The maximum Gasteiger partial charge on any atom is 0.330 e. The van der Waals surface area contributed by atoms with E-state index < -0.39 is 36.4 Å². The van der Waals surface area contributed by atoms with Crippen molar-refractivity contribution in [2.75, 3.05) is 6.61 Å². The zero-order chi connectivity index (χ0) is 13.3. The Morgan fingerprint density at radius 2 is 2.33 bits per heavy atom. The van der Waals surface area contributed by atoms with Crippen LogP contribution in [0.3, 0.4) is 0 Å². The third-order valence-corrected chi connectivity index (χ3v) is 3.07. The van der Waals surface area contributed by atoms with Crippen LogP contribution in [0.25, 0.3) is 0 Å². The summed E-state index contributed by atoms with van der Waals surface area (Å²) in [4.78, 5) is 25.2. The highest BCUT2D eigenvalue weighted by atomic mass is 19.1. The fourth-order valence-electron chi connectivity index (χ4n) is 2.02. The van der Waals surface area contributed by atoms with Gasteiger partial charge in [-0.15, -0.1) is 0 Å². The molecule has 100 valence electrons. The molecule has 0 saturated carbocycles. The molecule has 0 aromatic carbocycles. The number of aliphatic hydroxyl groups is 1. The summed E-state index contributed by atoms with van der Waals surface area (Å²) < 4.78 is 19.9. The minimum atomic E-state index is -1.32. The van der Waals surface area contributed by atoms with Gasteiger partial charge >= 0.3 is 5.69 Å². The second kappa shape index (κ2) is 5.03. The number of nitrogens with one attached hydrogen (secondary N) is 1. The van der Waals surface area contributed by atoms with E-state index in [2.05, 4.69) is 4.98 Å². The van der Waals surface area contributed by atoms with Gasteiger partial charge in [-0.1, -0.05) is 6.92 Å². The predicted octanol–water partition coefficient (Wildman–Crippen LogP) is -0.283. The highest BCUT2D eigenvalue weighted by Crippen LogP contribution is 2.29. The van der Waals surface area contributed by atoms with Gasteiger partial charge in [0.1, 0.15) is 18.5 Å². The zero-order valence-electron chi connectivity index (χ0n) is 9.93. The molecular formula is C11H15FN2O4. The molecule has 2 N–H and O–H groups in total. The standard InChI is InChI=1S/C11H15FN2O4/c1-2-6-4-14(11(17)13-10(6)16)9-3-7(12)8(5-15)18-9/h4,7-9,15H,2-3,5H2,1H3,(H,13,16,17)/t7-,8+,9+/m0/s1. The first-order chi connectivity index (χ1) is 8.56. The lowest BCUT2D eigenvalue weighted by atomic mass is 10.2. The molecule has 0 spiro atoms. The van der Waals surface area contributed by atoms with E-state index in [1.165, 1.54) is 10.8 Å². The van der Waals surface area contributed by atoms with Crippen LogP contribution in [-0.4, -0.2) is 33.5 Å². The quantitative estimate of drug-likeness (QED) is 0.780. The molecule has 0 bridgehead atoms. The minimum absolute atomic E-state index is 0.0136. The van der Waals surface area contributed by atoms with Crippen molar-refractivity contribution >= 4 is 0 Å². The molecular weight excluding hydrogens is 243 g/mol. The van der Waals surface area contributed by atoms with E-state index in [0.29, 0.717) is 12.0 Å². The van der Waals surface area contributed by atoms with Gasteiger partial charge in [-0.3, -0.25) is 14.3 Å². The number of nitrogens with zero attached hydrogens (tertiary/aromatic N) is 1. The molecule has 0 radical (unpaired) electrons. The van der Waals surface area contributed by atoms with E-state index in [0.717, 1.165) is 0 Å². The van der Waals surface area contributed by atoms with E-state index in [1.54, 1.807) is 6.92 Å². The van der Waals surface area contributed by atoms with Crippen LogP contribution in [0.1, 0.15) is 25.1 Å². The zero-order valence-corrected chi connectivity index (χ0v) is 9.93. The summed E-state index contributed by atoms with van der Waals surface area (Å²) in [5, 5.41) is 8.91. The smallest absolute Gasteiger partial charge is 0.330 e. The summed E-state index contributed by atoms with van der Waals surface area (Å²) in [5.74, 6) is 0. The molecule has 3 atom stereocenters. The molecule has 1 aliphatic rings. The second-order valence-corrected chi connectivity index (χ2v) is 4.24. The van der Waals surface area contributed by atoms with Crippen molar-refractivity contribution in [2.24, 2.45) is 0 Å². The van der Waals surface area contributed by atoms with Crippen LogP contribution in [0.2, 0.25) is 0 Å². The topological polar surface area (TPSA) is 84.3 Å². The van der Waals surface area contributed by atoms with Gasteiger partial charge in [-0.2, -0.15) is 0 Å². The van der Waals surface area contributed by atoms with Gasteiger partial charge in [0.2, 0.25) is 0 Å². The monoisotopic (exact) mass is 258 g/mol. The van der Waals surface area contributed by atoms with Crippen molar-refractivity contribution in [3.63, 3.8) is 0 Å². The fourth-order valence-corrected chi connectivity index (χ4v) is 2.02. The summed E-state index contributed by atoms with van der Waals surface area (Å²) in [6, 6.07) is 0. The normalized spacial score (nSPS) is 27.6. The molecule has 18 heavy (non-hydrogen) atoms. The van der Waals surface area contributed by atoms with Crippen molar-refractivity contribution in [3.8, 4) is 0 Å². The summed E-state index contributed by atoms with van der Waals surface area (Å²) >= 11 is 0.